The lowest BCUT2D eigenvalue weighted by atomic mass is 9.62. The summed E-state index contributed by atoms with van der Waals surface area (Å²) in [7, 11) is 0. The van der Waals surface area contributed by atoms with Crippen molar-refractivity contribution in [1.29, 1.82) is 5.26 Å². The van der Waals surface area contributed by atoms with Crippen molar-refractivity contribution in [3.8, 4) is 6.07 Å². The van der Waals surface area contributed by atoms with Crippen molar-refractivity contribution >= 4 is 31.9 Å². The predicted molar refractivity (Wildman–Crippen MR) is 66.1 cm³/mol. The summed E-state index contributed by atoms with van der Waals surface area (Å²) in [6.07, 6.45) is 2.07. The summed E-state index contributed by atoms with van der Waals surface area (Å²) in [5, 5.41) is 19.4. The fraction of sp³-hybridized carbons (Fsp3) is 0.909. The molecule has 0 unspecified atom stereocenters. The van der Waals surface area contributed by atoms with Crippen LogP contribution in [0.25, 0.3) is 0 Å². The number of hydrogen-bond donors (Lipinski definition) is 1. The molecule has 2 fully saturated rings. The molecule has 2 nitrogen and oxygen atoms in total. The molecule has 15 heavy (non-hydrogen) atoms. The lowest BCUT2D eigenvalue weighted by molar-refractivity contribution is -0.0276. The number of fused-ring (bicyclic) bond motifs is 2. The monoisotopic (exact) mass is 335 g/mol. The van der Waals surface area contributed by atoms with Gasteiger partial charge >= 0.3 is 0 Å². The molecule has 2 saturated carbocycles. The van der Waals surface area contributed by atoms with Gasteiger partial charge in [0.25, 0.3) is 0 Å². The van der Waals surface area contributed by atoms with Crippen molar-refractivity contribution < 1.29 is 5.11 Å². The second-order valence-electron chi connectivity index (χ2n) is 5.40. The number of alkyl halides is 2. The van der Waals surface area contributed by atoms with Crippen LogP contribution in [0.3, 0.4) is 0 Å². The van der Waals surface area contributed by atoms with Crippen molar-refractivity contribution in [2.24, 2.45) is 10.8 Å². The summed E-state index contributed by atoms with van der Waals surface area (Å²) >= 11 is 7.40. The fourth-order valence-corrected chi connectivity index (χ4v) is 6.14. The summed E-state index contributed by atoms with van der Waals surface area (Å²) in [5.74, 6) is 0. The molecule has 0 amide bonds. The van der Waals surface area contributed by atoms with Gasteiger partial charge in [0.15, 0.2) is 0 Å². The van der Waals surface area contributed by atoms with Crippen molar-refractivity contribution in [2.45, 2.75) is 48.4 Å². The maximum Gasteiger partial charge on any atom is 0.0761 e. The topological polar surface area (TPSA) is 44.0 Å². The van der Waals surface area contributed by atoms with E-state index >= 15 is 0 Å². The molecule has 2 aliphatic rings. The number of halogens is 2. The smallest absolute Gasteiger partial charge is 0.0761 e. The van der Waals surface area contributed by atoms with Gasteiger partial charge < -0.3 is 5.11 Å². The Kier molecular flexibility index (Phi) is 2.54. The van der Waals surface area contributed by atoms with Gasteiger partial charge in [-0.25, -0.2) is 0 Å². The highest BCUT2D eigenvalue weighted by Crippen LogP contribution is 2.72. The van der Waals surface area contributed by atoms with E-state index in [0.717, 1.165) is 12.8 Å². The molecule has 0 aromatic rings. The van der Waals surface area contributed by atoms with Crippen LogP contribution in [0.1, 0.15) is 33.1 Å². The molecule has 0 saturated heterocycles. The van der Waals surface area contributed by atoms with Gasteiger partial charge in [0, 0.05) is 16.7 Å². The zero-order valence-electron chi connectivity index (χ0n) is 8.93. The number of nitriles is 1. The predicted octanol–water partition coefficient (Wildman–Crippen LogP) is 2.98. The minimum absolute atomic E-state index is 0.0926. The fourth-order valence-electron chi connectivity index (χ4n) is 3.47. The van der Waals surface area contributed by atoms with Crippen LogP contribution < -0.4 is 0 Å². The summed E-state index contributed by atoms with van der Waals surface area (Å²) in [4.78, 5) is 0.183. The highest BCUT2D eigenvalue weighted by Gasteiger charge is 2.73. The molecule has 0 aromatic carbocycles. The van der Waals surface area contributed by atoms with Crippen LogP contribution in [-0.2, 0) is 0 Å². The molecule has 2 aliphatic carbocycles. The van der Waals surface area contributed by atoms with Crippen molar-refractivity contribution in [3.63, 3.8) is 0 Å². The van der Waals surface area contributed by atoms with E-state index in [-0.39, 0.29) is 20.0 Å². The Labute approximate surface area is 107 Å². The van der Waals surface area contributed by atoms with E-state index in [4.69, 9.17) is 5.26 Å². The van der Waals surface area contributed by atoms with Crippen molar-refractivity contribution in [2.75, 3.05) is 0 Å². The third-order valence-corrected chi connectivity index (χ3v) is 8.27. The van der Waals surface area contributed by atoms with Gasteiger partial charge in [0.2, 0.25) is 0 Å². The van der Waals surface area contributed by atoms with Crippen LogP contribution in [0.15, 0.2) is 0 Å². The minimum atomic E-state index is -0.392. The Morgan fingerprint density at radius 3 is 2.47 bits per heavy atom. The van der Waals surface area contributed by atoms with Gasteiger partial charge in [0.05, 0.1) is 16.5 Å². The molecule has 2 bridgehead atoms. The molecule has 4 heteroatoms. The molecule has 0 aromatic heterocycles. The lowest BCUT2D eigenvalue weighted by Gasteiger charge is -2.44. The number of rotatable bonds is 1. The zero-order chi connectivity index (χ0) is 11.5. The Bertz CT molecular complexity index is 338. The molecule has 0 radical (unpaired) electrons. The van der Waals surface area contributed by atoms with Crippen LogP contribution in [0.5, 0.6) is 0 Å². The van der Waals surface area contributed by atoms with Crippen LogP contribution in [0, 0.1) is 22.2 Å². The number of aliphatic hydroxyl groups is 1. The summed E-state index contributed by atoms with van der Waals surface area (Å²) < 4.78 is -0.243. The number of hydrogen-bond acceptors (Lipinski definition) is 2. The summed E-state index contributed by atoms with van der Waals surface area (Å²) in [6, 6.07) is 2.29. The molecule has 4 atom stereocenters. The van der Waals surface area contributed by atoms with E-state index in [1.54, 1.807) is 0 Å². The number of nitrogens with zero attached hydrogens (tertiary/aromatic N) is 1. The van der Waals surface area contributed by atoms with Crippen LogP contribution in [-0.4, -0.2) is 20.4 Å². The third kappa shape index (κ3) is 1.13. The van der Waals surface area contributed by atoms with E-state index in [2.05, 4.69) is 51.8 Å². The first kappa shape index (κ1) is 11.9. The molecule has 0 spiro atoms. The Morgan fingerprint density at radius 1 is 1.47 bits per heavy atom. The largest absolute Gasteiger partial charge is 0.391 e. The average Bonchev–Trinajstić information content (AvgIpc) is 2.48. The van der Waals surface area contributed by atoms with Crippen molar-refractivity contribution in [3.05, 3.63) is 0 Å². The Morgan fingerprint density at radius 2 is 2.07 bits per heavy atom. The molecule has 84 valence electrons. The van der Waals surface area contributed by atoms with E-state index < -0.39 is 6.10 Å². The molecule has 1 N–H and O–H groups in total. The Balaban J connectivity index is 2.52. The van der Waals surface area contributed by atoms with E-state index in [1.807, 2.05) is 0 Å². The summed E-state index contributed by atoms with van der Waals surface area (Å²) in [5.41, 5.74) is -0.302. The SMILES string of the molecule is CC1(C)[C@H](O)[C@]2(Br)CC[C@]1(CC#N)[C@@H]2Br. The first-order valence-corrected chi connectivity index (χ1v) is 6.92. The average molecular weight is 337 g/mol. The van der Waals surface area contributed by atoms with E-state index in [0.29, 0.717) is 6.42 Å². The van der Waals surface area contributed by atoms with Gasteiger partial charge in [-0.3, -0.25) is 0 Å². The Hall–Kier alpha value is 0.410. The standard InChI is InChI=1S/C11H15Br2NO/c1-9(2)8(15)11(13)4-3-10(9,5-6-14)7(11)12/h7-8,15H,3-5H2,1-2H3/t7-,8-,10-,11-/m0/s1. The number of aliphatic hydroxyl groups excluding tert-OH is 1. The first-order chi connectivity index (χ1) is 6.83. The molecule has 2 rings (SSSR count). The molecule has 0 heterocycles. The third-order valence-electron chi connectivity index (χ3n) is 4.68. The summed E-state index contributed by atoms with van der Waals surface area (Å²) in [6.45, 7) is 4.15. The first-order valence-electron chi connectivity index (χ1n) is 5.21. The van der Waals surface area contributed by atoms with Gasteiger partial charge in [-0.15, -0.1) is 0 Å². The normalized spacial score (nSPS) is 51.7. The molecular weight excluding hydrogens is 322 g/mol. The zero-order valence-corrected chi connectivity index (χ0v) is 12.1. The minimum Gasteiger partial charge on any atom is -0.391 e. The van der Waals surface area contributed by atoms with Gasteiger partial charge in [0.1, 0.15) is 0 Å². The second kappa shape index (κ2) is 3.21. The van der Waals surface area contributed by atoms with Crippen LogP contribution >= 0.6 is 31.9 Å². The van der Waals surface area contributed by atoms with Crippen molar-refractivity contribution in [1.82, 2.24) is 0 Å². The van der Waals surface area contributed by atoms with Crippen LogP contribution in [0.2, 0.25) is 0 Å². The van der Waals surface area contributed by atoms with E-state index in [1.165, 1.54) is 0 Å². The molecular formula is C11H15Br2NO. The maximum absolute atomic E-state index is 10.4. The van der Waals surface area contributed by atoms with Crippen LogP contribution in [0.4, 0.5) is 0 Å². The van der Waals surface area contributed by atoms with Gasteiger partial charge in [-0.2, -0.15) is 5.26 Å². The highest BCUT2D eigenvalue weighted by atomic mass is 79.9. The molecule has 0 aliphatic heterocycles. The van der Waals surface area contributed by atoms with E-state index in [9.17, 15) is 5.11 Å². The maximum atomic E-state index is 10.4. The highest BCUT2D eigenvalue weighted by molar-refractivity contribution is 9.12. The quantitative estimate of drug-likeness (QED) is 0.748. The van der Waals surface area contributed by atoms with Gasteiger partial charge in [-0.1, -0.05) is 45.7 Å². The second-order valence-corrected chi connectivity index (χ2v) is 7.80. The lowest BCUT2D eigenvalue weighted by Crippen LogP contribution is -2.46. The van der Waals surface area contributed by atoms with Gasteiger partial charge in [-0.05, 0) is 18.3 Å².